The van der Waals surface area contributed by atoms with E-state index in [9.17, 15) is 5.11 Å². The van der Waals surface area contributed by atoms with Gasteiger partial charge in [0.15, 0.2) is 0 Å². The van der Waals surface area contributed by atoms with Gasteiger partial charge < -0.3 is 5.11 Å². The van der Waals surface area contributed by atoms with Crippen LogP contribution in [0.5, 0.6) is 5.75 Å². The third-order valence-corrected chi connectivity index (χ3v) is 6.88. The molecule has 0 saturated carbocycles. The van der Waals surface area contributed by atoms with Gasteiger partial charge in [0.2, 0.25) is 0 Å². The first-order valence-corrected chi connectivity index (χ1v) is 13.5. The van der Waals surface area contributed by atoms with Gasteiger partial charge in [-0.2, -0.15) is 0 Å². The van der Waals surface area contributed by atoms with Crippen molar-refractivity contribution in [3.8, 4) is 5.75 Å². The van der Waals surface area contributed by atoms with Crippen molar-refractivity contribution in [2.45, 2.75) is 142 Å². The van der Waals surface area contributed by atoms with E-state index in [0.717, 1.165) is 5.92 Å². The van der Waals surface area contributed by atoms with E-state index in [1.165, 1.54) is 121 Å². The van der Waals surface area contributed by atoms with Crippen LogP contribution in [0.4, 0.5) is 0 Å². The molecular weight excluding hydrogens is 364 g/mol. The van der Waals surface area contributed by atoms with Gasteiger partial charge in [-0.3, -0.25) is 0 Å². The molecule has 0 aliphatic carbocycles. The van der Waals surface area contributed by atoms with Crippen molar-refractivity contribution < 1.29 is 5.11 Å². The summed E-state index contributed by atoms with van der Waals surface area (Å²) in [6, 6.07) is 8.17. The lowest BCUT2D eigenvalue weighted by Gasteiger charge is -2.29. The number of hydrogen-bond acceptors (Lipinski definition) is 1. The predicted octanol–water partition coefficient (Wildman–Crippen LogP) is 10.2. The van der Waals surface area contributed by atoms with Gasteiger partial charge in [-0.15, -0.1) is 0 Å². The van der Waals surface area contributed by atoms with Gasteiger partial charge in [0.25, 0.3) is 0 Å². The van der Waals surface area contributed by atoms with Crippen molar-refractivity contribution in [2.75, 3.05) is 0 Å². The van der Waals surface area contributed by atoms with Crippen molar-refractivity contribution in [2.24, 2.45) is 5.92 Å². The van der Waals surface area contributed by atoms with E-state index >= 15 is 0 Å². The number of aromatic hydroxyl groups is 1. The van der Waals surface area contributed by atoms with Gasteiger partial charge >= 0.3 is 0 Å². The van der Waals surface area contributed by atoms with Crippen LogP contribution in [0.15, 0.2) is 24.3 Å². The van der Waals surface area contributed by atoms with E-state index in [0.29, 0.717) is 11.7 Å². The van der Waals surface area contributed by atoms with Crippen LogP contribution in [0.1, 0.15) is 148 Å². The maximum atomic E-state index is 10.6. The van der Waals surface area contributed by atoms with E-state index in [4.69, 9.17) is 0 Å². The Morgan fingerprint density at radius 1 is 0.567 bits per heavy atom. The smallest absolute Gasteiger partial charge is 0.119 e. The molecule has 0 heterocycles. The number of phenolic OH excluding ortho intramolecular Hbond substituents is 1. The van der Waals surface area contributed by atoms with Crippen LogP contribution in [-0.2, 0) is 0 Å². The van der Waals surface area contributed by atoms with E-state index in [1.807, 2.05) is 12.1 Å². The number of benzene rings is 1. The predicted molar refractivity (Wildman–Crippen MR) is 134 cm³/mol. The maximum absolute atomic E-state index is 10.6. The minimum atomic E-state index is 0.522. The second kappa shape index (κ2) is 18.8. The topological polar surface area (TPSA) is 20.2 Å². The van der Waals surface area contributed by atoms with Crippen LogP contribution in [-0.4, -0.2) is 5.11 Å². The summed E-state index contributed by atoms with van der Waals surface area (Å²) in [7, 11) is 0. The van der Waals surface area contributed by atoms with Gasteiger partial charge in [-0.25, -0.2) is 0 Å². The van der Waals surface area contributed by atoms with E-state index in [2.05, 4.69) is 32.9 Å². The Kier molecular flexibility index (Phi) is 16.9. The molecule has 1 aromatic carbocycles. The summed E-state index contributed by atoms with van der Waals surface area (Å²) in [6.45, 7) is 6.89. The second-order valence-corrected chi connectivity index (χ2v) is 9.53. The molecule has 1 rings (SSSR count). The number of phenols is 1. The van der Waals surface area contributed by atoms with Gasteiger partial charge in [0.1, 0.15) is 5.75 Å². The number of para-hydroxylation sites is 1. The van der Waals surface area contributed by atoms with Crippen molar-refractivity contribution in [1.29, 1.82) is 0 Å². The molecule has 0 radical (unpaired) electrons. The third kappa shape index (κ3) is 12.0. The lowest BCUT2D eigenvalue weighted by molar-refractivity contribution is 0.317. The standard InChI is InChI=1S/C29H52O/c1-4-7-10-12-13-14-15-16-18-23-27(28-24-19-20-25-29(28)30)26(21-9-6-3)22-17-11-8-5-2/h19-20,24-27,30H,4-18,21-23H2,1-3H3. The zero-order valence-corrected chi connectivity index (χ0v) is 20.6. The van der Waals surface area contributed by atoms with Crippen LogP contribution in [0.3, 0.4) is 0 Å². The third-order valence-electron chi connectivity index (χ3n) is 6.88. The van der Waals surface area contributed by atoms with Crippen molar-refractivity contribution in [1.82, 2.24) is 0 Å². The summed E-state index contributed by atoms with van der Waals surface area (Å²) in [5, 5.41) is 10.6. The zero-order chi connectivity index (χ0) is 21.9. The number of rotatable bonds is 20. The Hall–Kier alpha value is -0.980. The molecule has 0 saturated heterocycles. The summed E-state index contributed by atoms with van der Waals surface area (Å²) >= 11 is 0. The Morgan fingerprint density at radius 2 is 1.03 bits per heavy atom. The molecule has 0 aliphatic heterocycles. The SMILES string of the molecule is CCCCCCCCCCCC(c1ccccc1O)C(CCCC)CCCCCC. The lowest BCUT2D eigenvalue weighted by atomic mass is 9.76. The minimum absolute atomic E-state index is 0.522. The van der Waals surface area contributed by atoms with Crippen LogP contribution in [0.25, 0.3) is 0 Å². The first-order valence-electron chi connectivity index (χ1n) is 13.5. The van der Waals surface area contributed by atoms with Crippen molar-refractivity contribution >= 4 is 0 Å². The van der Waals surface area contributed by atoms with Crippen molar-refractivity contribution in [3.05, 3.63) is 29.8 Å². The summed E-state index contributed by atoms with van der Waals surface area (Å²) in [4.78, 5) is 0. The lowest BCUT2D eigenvalue weighted by Crippen LogP contribution is -2.14. The molecule has 0 bridgehead atoms. The quantitative estimate of drug-likeness (QED) is 0.210. The minimum Gasteiger partial charge on any atom is -0.508 e. The van der Waals surface area contributed by atoms with Gasteiger partial charge in [-0.05, 0) is 42.7 Å². The van der Waals surface area contributed by atoms with Crippen LogP contribution < -0.4 is 0 Å². The summed E-state index contributed by atoms with van der Waals surface area (Å²) in [5.74, 6) is 1.78. The molecule has 1 nitrogen and oxygen atoms in total. The average molecular weight is 417 g/mol. The molecule has 0 fully saturated rings. The molecule has 1 aromatic rings. The summed E-state index contributed by atoms with van der Waals surface area (Å²) < 4.78 is 0. The van der Waals surface area contributed by atoms with Crippen molar-refractivity contribution in [3.63, 3.8) is 0 Å². The fraction of sp³-hybridized carbons (Fsp3) is 0.793. The molecule has 174 valence electrons. The normalized spacial score (nSPS) is 13.4. The zero-order valence-electron chi connectivity index (χ0n) is 20.6. The Morgan fingerprint density at radius 3 is 1.63 bits per heavy atom. The van der Waals surface area contributed by atoms with Gasteiger partial charge in [0.05, 0.1) is 0 Å². The molecule has 0 spiro atoms. The Balaban J connectivity index is 2.60. The molecule has 2 atom stereocenters. The molecular formula is C29H52O. The molecule has 1 heteroatoms. The average Bonchev–Trinajstić information content (AvgIpc) is 2.76. The highest BCUT2D eigenvalue weighted by Gasteiger charge is 2.24. The summed E-state index contributed by atoms with van der Waals surface area (Å²) in [5.41, 5.74) is 1.22. The largest absolute Gasteiger partial charge is 0.508 e. The molecule has 0 aromatic heterocycles. The molecule has 0 aliphatic rings. The fourth-order valence-electron chi connectivity index (χ4n) is 4.97. The first-order chi connectivity index (χ1) is 14.7. The highest BCUT2D eigenvalue weighted by molar-refractivity contribution is 5.35. The second-order valence-electron chi connectivity index (χ2n) is 9.53. The monoisotopic (exact) mass is 416 g/mol. The highest BCUT2D eigenvalue weighted by Crippen LogP contribution is 2.40. The summed E-state index contributed by atoms with van der Waals surface area (Å²) in [6.07, 6.45) is 24.3. The van der Waals surface area contributed by atoms with Crippen LogP contribution in [0.2, 0.25) is 0 Å². The highest BCUT2D eigenvalue weighted by atomic mass is 16.3. The number of unbranched alkanes of at least 4 members (excludes halogenated alkanes) is 12. The first kappa shape index (κ1) is 27.1. The molecule has 2 unspecified atom stereocenters. The van der Waals surface area contributed by atoms with Crippen LogP contribution >= 0.6 is 0 Å². The number of hydrogen-bond donors (Lipinski definition) is 1. The van der Waals surface area contributed by atoms with Gasteiger partial charge in [0, 0.05) is 0 Å². The van der Waals surface area contributed by atoms with E-state index in [-0.39, 0.29) is 0 Å². The van der Waals surface area contributed by atoms with Crippen LogP contribution in [0, 0.1) is 5.92 Å². The van der Waals surface area contributed by atoms with Gasteiger partial charge in [-0.1, -0.05) is 135 Å². The Bertz CT molecular complexity index is 495. The fourth-order valence-corrected chi connectivity index (χ4v) is 4.97. The van der Waals surface area contributed by atoms with E-state index < -0.39 is 0 Å². The molecule has 30 heavy (non-hydrogen) atoms. The van der Waals surface area contributed by atoms with E-state index in [1.54, 1.807) is 0 Å². The Labute approximate surface area is 189 Å². The molecule has 0 amide bonds. The maximum Gasteiger partial charge on any atom is 0.119 e. The molecule has 1 N–H and O–H groups in total.